The van der Waals surface area contributed by atoms with Crippen molar-refractivity contribution in [1.29, 1.82) is 0 Å². The molecule has 4 N–H and O–H groups in total. The normalized spacial score (nSPS) is 10.2. The summed E-state index contributed by atoms with van der Waals surface area (Å²) in [6.45, 7) is 0. The van der Waals surface area contributed by atoms with E-state index in [2.05, 4.69) is 15.5 Å². The number of halogens is 1. The van der Waals surface area contributed by atoms with Gasteiger partial charge in [0.15, 0.2) is 4.34 Å². The van der Waals surface area contributed by atoms with Crippen molar-refractivity contribution in [2.75, 3.05) is 11.1 Å². The highest BCUT2D eigenvalue weighted by Crippen LogP contribution is 2.27. The summed E-state index contributed by atoms with van der Waals surface area (Å²) in [6, 6.07) is 5.01. The van der Waals surface area contributed by atoms with E-state index in [9.17, 15) is 14.0 Å². The fraction of sp³-hybridized carbons (Fsp3) is 0.167. The molecule has 0 saturated heterocycles. The number of imide groups is 1. The third-order valence-electron chi connectivity index (χ3n) is 2.32. The van der Waals surface area contributed by atoms with E-state index in [4.69, 9.17) is 5.73 Å². The van der Waals surface area contributed by atoms with Crippen molar-refractivity contribution in [3.63, 3.8) is 0 Å². The van der Waals surface area contributed by atoms with Crippen LogP contribution in [-0.2, 0) is 4.79 Å². The zero-order chi connectivity index (χ0) is 15.9. The number of aromatic nitrogens is 2. The minimum absolute atomic E-state index is 0.147. The highest BCUT2D eigenvalue weighted by molar-refractivity contribution is 8.01. The Labute approximate surface area is 133 Å². The second-order valence-corrected chi connectivity index (χ2v) is 6.34. The second kappa shape index (κ2) is 7.71. The molecule has 0 radical (unpaired) electrons. The van der Waals surface area contributed by atoms with Crippen LogP contribution in [-0.4, -0.2) is 27.9 Å². The molecule has 2 aromatic rings. The predicted molar refractivity (Wildman–Crippen MR) is 82.7 cm³/mol. The van der Waals surface area contributed by atoms with E-state index in [1.165, 1.54) is 35.2 Å². The molecule has 0 aliphatic heterocycles. The summed E-state index contributed by atoms with van der Waals surface area (Å²) >= 11 is 2.65. The first-order valence-electron chi connectivity index (χ1n) is 6.11. The van der Waals surface area contributed by atoms with Crippen molar-refractivity contribution < 1.29 is 14.0 Å². The molecule has 22 heavy (non-hydrogen) atoms. The van der Waals surface area contributed by atoms with Crippen LogP contribution in [0, 0.1) is 5.82 Å². The smallest absolute Gasteiger partial charge is 0.318 e. The van der Waals surface area contributed by atoms with Gasteiger partial charge in [-0.15, -0.1) is 10.2 Å². The number of hydrogen-bond donors (Lipinski definition) is 3. The van der Waals surface area contributed by atoms with Gasteiger partial charge < -0.3 is 11.1 Å². The van der Waals surface area contributed by atoms with Gasteiger partial charge in [0.2, 0.25) is 11.0 Å². The molecule has 3 amide bonds. The summed E-state index contributed by atoms with van der Waals surface area (Å²) in [4.78, 5) is 21.7. The van der Waals surface area contributed by atoms with Gasteiger partial charge in [-0.05, 0) is 24.3 Å². The highest BCUT2D eigenvalue weighted by Gasteiger charge is 2.08. The summed E-state index contributed by atoms with van der Waals surface area (Å²) in [5.41, 5.74) is 5.54. The number of primary amides is 1. The molecule has 0 aliphatic carbocycles. The summed E-state index contributed by atoms with van der Waals surface area (Å²) in [7, 11) is 0. The summed E-state index contributed by atoms with van der Waals surface area (Å²) in [6.07, 6.45) is 0.147. The molecule has 2 rings (SSSR count). The van der Waals surface area contributed by atoms with E-state index in [0.717, 1.165) is 0 Å². The Hall–Kier alpha value is -2.20. The largest absolute Gasteiger partial charge is 0.351 e. The molecule has 116 valence electrons. The van der Waals surface area contributed by atoms with Crippen LogP contribution in [0.3, 0.4) is 0 Å². The van der Waals surface area contributed by atoms with E-state index in [-0.39, 0.29) is 12.2 Å². The average Bonchev–Trinajstić information content (AvgIpc) is 2.88. The van der Waals surface area contributed by atoms with Gasteiger partial charge in [-0.1, -0.05) is 23.1 Å². The number of urea groups is 1. The van der Waals surface area contributed by atoms with Crippen molar-refractivity contribution >= 4 is 45.9 Å². The number of rotatable bonds is 6. The number of amides is 3. The number of anilines is 2. The van der Waals surface area contributed by atoms with E-state index < -0.39 is 11.9 Å². The number of nitrogens with one attached hydrogen (secondary N) is 2. The van der Waals surface area contributed by atoms with E-state index in [0.29, 0.717) is 20.9 Å². The first kappa shape index (κ1) is 16.2. The van der Waals surface area contributed by atoms with Crippen molar-refractivity contribution in [1.82, 2.24) is 15.5 Å². The lowest BCUT2D eigenvalue weighted by molar-refractivity contribution is -0.119. The Morgan fingerprint density at radius 2 is 2.00 bits per heavy atom. The van der Waals surface area contributed by atoms with Crippen LogP contribution in [0.1, 0.15) is 6.42 Å². The quantitative estimate of drug-likeness (QED) is 0.694. The van der Waals surface area contributed by atoms with Crippen molar-refractivity contribution in [3.05, 3.63) is 30.1 Å². The molecule has 10 heteroatoms. The van der Waals surface area contributed by atoms with Crippen LogP contribution in [0.15, 0.2) is 28.6 Å². The Bertz CT molecular complexity index is 662. The van der Waals surface area contributed by atoms with Gasteiger partial charge in [-0.25, -0.2) is 9.18 Å². The molecule has 0 unspecified atom stereocenters. The van der Waals surface area contributed by atoms with Gasteiger partial charge in [0.25, 0.3) is 0 Å². The van der Waals surface area contributed by atoms with Gasteiger partial charge in [0.05, 0.1) is 0 Å². The predicted octanol–water partition coefficient (Wildman–Crippen LogP) is 2.10. The van der Waals surface area contributed by atoms with Crippen molar-refractivity contribution in [2.45, 2.75) is 10.8 Å². The fourth-order valence-electron chi connectivity index (χ4n) is 1.41. The lowest BCUT2D eigenvalue weighted by atomic mass is 10.3. The van der Waals surface area contributed by atoms with Crippen molar-refractivity contribution in [3.8, 4) is 0 Å². The van der Waals surface area contributed by atoms with Gasteiger partial charge >= 0.3 is 6.03 Å². The standard InChI is InChI=1S/C12H12FN5O2S2/c13-7-1-3-8(4-2-7)15-11-17-18-12(22-11)21-6-5-9(19)16-10(14)20/h1-4H,5-6H2,(H,15,17)(H3,14,16,19,20). The lowest BCUT2D eigenvalue weighted by Gasteiger charge is -2.00. The molecule has 0 fully saturated rings. The van der Waals surface area contributed by atoms with Crippen LogP contribution in [0.2, 0.25) is 0 Å². The third kappa shape index (κ3) is 5.30. The highest BCUT2D eigenvalue weighted by atomic mass is 32.2. The van der Waals surface area contributed by atoms with Crippen molar-refractivity contribution in [2.24, 2.45) is 5.73 Å². The molecule has 0 bridgehead atoms. The van der Waals surface area contributed by atoms with Crippen LogP contribution >= 0.6 is 23.1 Å². The SMILES string of the molecule is NC(=O)NC(=O)CCSc1nnc(Nc2ccc(F)cc2)s1. The zero-order valence-corrected chi connectivity index (χ0v) is 12.8. The number of benzene rings is 1. The molecule has 0 spiro atoms. The van der Waals surface area contributed by atoms with Crippen LogP contribution in [0.4, 0.5) is 20.0 Å². The maximum absolute atomic E-state index is 12.8. The third-order valence-corrected chi connectivity index (χ3v) is 4.29. The number of carbonyl (C=O) groups excluding carboxylic acids is 2. The average molecular weight is 341 g/mol. The Kier molecular flexibility index (Phi) is 5.67. The molecule has 0 saturated carbocycles. The molecule has 0 aliphatic rings. The number of hydrogen-bond acceptors (Lipinski definition) is 7. The topological polar surface area (TPSA) is 110 Å². The number of thioether (sulfide) groups is 1. The minimum Gasteiger partial charge on any atom is -0.351 e. The molecule has 1 aromatic heterocycles. The van der Waals surface area contributed by atoms with E-state index in [1.807, 2.05) is 5.32 Å². The van der Waals surface area contributed by atoms with Gasteiger partial charge in [0, 0.05) is 17.9 Å². The number of nitrogens with two attached hydrogens (primary N) is 1. The van der Waals surface area contributed by atoms with E-state index >= 15 is 0 Å². The Morgan fingerprint density at radius 1 is 1.27 bits per heavy atom. The molecule has 1 aromatic carbocycles. The molecule has 7 nitrogen and oxygen atoms in total. The Balaban J connectivity index is 1.80. The van der Waals surface area contributed by atoms with Crippen LogP contribution in [0.25, 0.3) is 0 Å². The minimum atomic E-state index is -0.864. The monoisotopic (exact) mass is 341 g/mol. The lowest BCUT2D eigenvalue weighted by Crippen LogP contribution is -2.35. The Morgan fingerprint density at radius 3 is 2.68 bits per heavy atom. The number of carbonyl (C=O) groups is 2. The molecule has 1 heterocycles. The first-order chi connectivity index (χ1) is 10.5. The van der Waals surface area contributed by atoms with Gasteiger partial charge in [0.1, 0.15) is 5.82 Å². The fourth-order valence-corrected chi connectivity index (χ4v) is 3.19. The maximum atomic E-state index is 12.8. The van der Waals surface area contributed by atoms with Gasteiger partial charge in [-0.3, -0.25) is 10.1 Å². The van der Waals surface area contributed by atoms with Crippen LogP contribution in [0.5, 0.6) is 0 Å². The zero-order valence-electron chi connectivity index (χ0n) is 11.2. The van der Waals surface area contributed by atoms with Gasteiger partial charge in [-0.2, -0.15) is 0 Å². The molecular formula is C12H12FN5O2S2. The summed E-state index contributed by atoms with van der Waals surface area (Å²) in [5, 5.41) is 13.5. The molecular weight excluding hydrogens is 329 g/mol. The van der Waals surface area contributed by atoms with Crippen LogP contribution < -0.4 is 16.4 Å². The summed E-state index contributed by atoms with van der Waals surface area (Å²) in [5.74, 6) is -0.299. The second-order valence-electron chi connectivity index (χ2n) is 4.02. The first-order valence-corrected chi connectivity index (χ1v) is 7.91. The maximum Gasteiger partial charge on any atom is 0.318 e. The summed E-state index contributed by atoms with van der Waals surface area (Å²) < 4.78 is 13.5. The molecule has 0 atom stereocenters. The number of nitrogens with zero attached hydrogens (tertiary/aromatic N) is 2. The van der Waals surface area contributed by atoms with E-state index in [1.54, 1.807) is 12.1 Å².